The molecule has 6 nitrogen and oxygen atoms in total. The van der Waals surface area contributed by atoms with Crippen LogP contribution in [0.25, 0.3) is 0 Å². The van der Waals surface area contributed by atoms with Gasteiger partial charge in [-0.1, -0.05) is 18.2 Å². The molecule has 3 aliphatic rings. The molecule has 5 rings (SSSR count). The van der Waals surface area contributed by atoms with E-state index in [1.807, 2.05) is 30.0 Å². The Hall–Kier alpha value is -2.76. The summed E-state index contributed by atoms with van der Waals surface area (Å²) in [6.45, 7) is 3.91. The van der Waals surface area contributed by atoms with E-state index in [0.717, 1.165) is 37.1 Å². The second-order valence-electron chi connectivity index (χ2n) is 9.36. The first-order chi connectivity index (χ1) is 15.0. The van der Waals surface area contributed by atoms with E-state index in [1.54, 1.807) is 12.3 Å². The normalized spacial score (nSPS) is 22.0. The van der Waals surface area contributed by atoms with Crippen LogP contribution in [0, 0.1) is 12.8 Å². The lowest BCUT2D eigenvalue weighted by molar-refractivity contribution is -0.122. The average Bonchev–Trinajstić information content (AvgIpc) is 3.51. The number of carbonyl (C=O) groups excluding carboxylic acids is 2. The van der Waals surface area contributed by atoms with Crippen LogP contribution in [0.4, 0.5) is 0 Å². The molecule has 1 spiro atoms. The molecule has 0 radical (unpaired) electrons. The monoisotopic (exact) mass is 422 g/mol. The number of piperidine rings is 1. The lowest BCUT2D eigenvalue weighted by atomic mass is 9.76. The van der Waals surface area contributed by atoms with Crippen LogP contribution in [0.2, 0.25) is 0 Å². The SMILES string of the molecule is Cc1occc1C(=O)N1CCC2(CC1)C[C@H](CC(=O)NCC1CC1)c1ccccc1O2. The lowest BCUT2D eigenvalue weighted by Gasteiger charge is -2.47. The van der Waals surface area contributed by atoms with E-state index in [2.05, 4.69) is 11.4 Å². The standard InChI is InChI=1S/C25H30N2O4/c1-17-20(8-13-30-17)24(29)27-11-9-25(10-12-27)15-19(14-23(28)26-16-18-6-7-18)21-4-2-3-5-22(21)31-25/h2-5,8,13,18-19H,6-7,9-12,14-16H2,1H3,(H,26,28)/t19-/m0/s1. The van der Waals surface area contributed by atoms with Crippen molar-refractivity contribution in [2.24, 2.45) is 5.92 Å². The molecular weight excluding hydrogens is 392 g/mol. The second-order valence-corrected chi connectivity index (χ2v) is 9.36. The van der Waals surface area contributed by atoms with Crippen molar-refractivity contribution in [2.75, 3.05) is 19.6 Å². The highest BCUT2D eigenvalue weighted by atomic mass is 16.5. The van der Waals surface area contributed by atoms with E-state index >= 15 is 0 Å². The average molecular weight is 423 g/mol. The molecule has 1 N–H and O–H groups in total. The van der Waals surface area contributed by atoms with Gasteiger partial charge in [-0.25, -0.2) is 0 Å². The molecule has 1 saturated heterocycles. The van der Waals surface area contributed by atoms with Crippen LogP contribution < -0.4 is 10.1 Å². The largest absolute Gasteiger partial charge is 0.487 e. The molecule has 0 bridgehead atoms. The fourth-order valence-electron chi connectivity index (χ4n) is 5.00. The number of furan rings is 1. The van der Waals surface area contributed by atoms with Crippen molar-refractivity contribution in [1.82, 2.24) is 10.2 Å². The van der Waals surface area contributed by atoms with E-state index < -0.39 is 0 Å². The van der Waals surface area contributed by atoms with Gasteiger partial charge in [0, 0.05) is 44.8 Å². The Morgan fingerprint density at radius 2 is 1.94 bits per heavy atom. The Labute approximate surface area is 182 Å². The number of fused-ring (bicyclic) bond motifs is 1. The Morgan fingerprint density at radius 3 is 2.65 bits per heavy atom. The van der Waals surface area contributed by atoms with Crippen molar-refractivity contribution in [1.29, 1.82) is 0 Å². The number of para-hydroxylation sites is 1. The molecule has 2 fully saturated rings. The topological polar surface area (TPSA) is 71.8 Å². The molecule has 31 heavy (non-hydrogen) atoms. The predicted octanol–water partition coefficient (Wildman–Crippen LogP) is 4.05. The van der Waals surface area contributed by atoms with Crippen LogP contribution in [0.1, 0.15) is 66.1 Å². The maximum atomic E-state index is 12.9. The van der Waals surface area contributed by atoms with Gasteiger partial charge in [0.1, 0.15) is 17.1 Å². The van der Waals surface area contributed by atoms with Gasteiger partial charge >= 0.3 is 0 Å². The van der Waals surface area contributed by atoms with Crippen molar-refractivity contribution in [3.63, 3.8) is 0 Å². The Morgan fingerprint density at radius 1 is 1.16 bits per heavy atom. The number of aryl methyl sites for hydroxylation is 1. The number of benzene rings is 1. The first-order valence-corrected chi connectivity index (χ1v) is 11.4. The van der Waals surface area contributed by atoms with Crippen LogP contribution in [-0.2, 0) is 4.79 Å². The van der Waals surface area contributed by atoms with Gasteiger partial charge in [0.15, 0.2) is 0 Å². The predicted molar refractivity (Wildman–Crippen MR) is 116 cm³/mol. The maximum Gasteiger partial charge on any atom is 0.257 e. The quantitative estimate of drug-likeness (QED) is 0.789. The summed E-state index contributed by atoms with van der Waals surface area (Å²) in [7, 11) is 0. The van der Waals surface area contributed by atoms with Crippen molar-refractivity contribution in [3.05, 3.63) is 53.5 Å². The molecule has 1 aromatic carbocycles. The zero-order valence-electron chi connectivity index (χ0n) is 18.1. The minimum Gasteiger partial charge on any atom is -0.487 e. The Balaban J connectivity index is 1.28. The summed E-state index contributed by atoms with van der Waals surface area (Å²) in [6.07, 6.45) is 6.87. The van der Waals surface area contributed by atoms with E-state index in [0.29, 0.717) is 36.8 Å². The van der Waals surface area contributed by atoms with Gasteiger partial charge in [-0.3, -0.25) is 9.59 Å². The third kappa shape index (κ3) is 4.21. The number of nitrogens with zero attached hydrogens (tertiary/aromatic N) is 1. The third-order valence-corrected chi connectivity index (χ3v) is 7.07. The summed E-state index contributed by atoms with van der Waals surface area (Å²) in [6, 6.07) is 9.84. The van der Waals surface area contributed by atoms with Gasteiger partial charge < -0.3 is 19.4 Å². The minimum absolute atomic E-state index is 0.0216. The number of nitrogens with one attached hydrogen (secondary N) is 1. The van der Waals surface area contributed by atoms with Gasteiger partial charge in [-0.15, -0.1) is 0 Å². The second kappa shape index (κ2) is 8.06. The van der Waals surface area contributed by atoms with Crippen LogP contribution >= 0.6 is 0 Å². The molecule has 1 atom stereocenters. The van der Waals surface area contributed by atoms with Gasteiger partial charge in [0.05, 0.1) is 11.8 Å². The highest BCUT2D eigenvalue weighted by Crippen LogP contribution is 2.46. The molecule has 1 aromatic heterocycles. The third-order valence-electron chi connectivity index (χ3n) is 7.07. The molecule has 164 valence electrons. The zero-order chi connectivity index (χ0) is 21.4. The van der Waals surface area contributed by atoms with Crippen LogP contribution in [0.5, 0.6) is 5.75 Å². The first-order valence-electron chi connectivity index (χ1n) is 11.4. The number of hydrogen-bond acceptors (Lipinski definition) is 4. The lowest BCUT2D eigenvalue weighted by Crippen LogP contribution is -2.52. The van der Waals surface area contributed by atoms with Gasteiger partial charge in [0.2, 0.25) is 5.91 Å². The van der Waals surface area contributed by atoms with Gasteiger partial charge in [-0.05, 0) is 49.8 Å². The van der Waals surface area contributed by atoms with E-state index in [4.69, 9.17) is 9.15 Å². The molecule has 1 saturated carbocycles. The van der Waals surface area contributed by atoms with Gasteiger partial charge in [0.25, 0.3) is 5.91 Å². The minimum atomic E-state index is -0.321. The van der Waals surface area contributed by atoms with Gasteiger partial charge in [-0.2, -0.15) is 0 Å². The fourth-order valence-corrected chi connectivity index (χ4v) is 5.00. The summed E-state index contributed by atoms with van der Waals surface area (Å²) < 4.78 is 11.8. The summed E-state index contributed by atoms with van der Waals surface area (Å²) >= 11 is 0. The van der Waals surface area contributed by atoms with Crippen molar-refractivity contribution < 1.29 is 18.7 Å². The maximum absolute atomic E-state index is 12.9. The van der Waals surface area contributed by atoms with E-state index in [-0.39, 0.29) is 23.3 Å². The number of amides is 2. The van der Waals surface area contributed by atoms with E-state index in [9.17, 15) is 9.59 Å². The molecule has 2 amide bonds. The first kappa shape index (κ1) is 20.2. The number of ether oxygens (including phenoxy) is 1. The number of likely N-dealkylation sites (tertiary alicyclic amines) is 1. The van der Waals surface area contributed by atoms with Crippen LogP contribution in [0.15, 0.2) is 41.0 Å². The molecule has 2 aliphatic heterocycles. The van der Waals surface area contributed by atoms with Crippen molar-refractivity contribution in [3.8, 4) is 5.75 Å². The smallest absolute Gasteiger partial charge is 0.257 e. The summed E-state index contributed by atoms with van der Waals surface area (Å²) in [5.41, 5.74) is 1.44. The molecule has 1 aliphatic carbocycles. The van der Waals surface area contributed by atoms with Crippen LogP contribution in [0.3, 0.4) is 0 Å². The summed E-state index contributed by atoms with van der Waals surface area (Å²) in [5, 5.41) is 3.12. The van der Waals surface area contributed by atoms with Crippen LogP contribution in [-0.4, -0.2) is 41.9 Å². The summed E-state index contributed by atoms with van der Waals surface area (Å²) in [4.78, 5) is 27.4. The Bertz CT molecular complexity index is 969. The molecule has 0 unspecified atom stereocenters. The number of hydrogen-bond donors (Lipinski definition) is 1. The molecular formula is C25H30N2O4. The Kier molecular flexibility index (Phi) is 5.24. The zero-order valence-corrected chi connectivity index (χ0v) is 18.1. The van der Waals surface area contributed by atoms with Crippen molar-refractivity contribution in [2.45, 2.75) is 57.0 Å². The summed E-state index contributed by atoms with van der Waals surface area (Å²) in [5.74, 6) is 2.52. The highest BCUT2D eigenvalue weighted by molar-refractivity contribution is 5.95. The number of rotatable bonds is 5. The molecule has 2 aromatic rings. The molecule has 3 heterocycles. The molecule has 6 heteroatoms. The van der Waals surface area contributed by atoms with E-state index in [1.165, 1.54) is 12.8 Å². The number of carbonyl (C=O) groups is 2. The highest BCUT2D eigenvalue weighted by Gasteiger charge is 2.44. The fraction of sp³-hybridized carbons (Fsp3) is 0.520. The van der Waals surface area contributed by atoms with Crippen molar-refractivity contribution >= 4 is 11.8 Å².